The summed E-state index contributed by atoms with van der Waals surface area (Å²) in [5.74, 6) is 0.704. The number of amides is 1. The quantitative estimate of drug-likeness (QED) is 0.759. The molecule has 4 heterocycles. The van der Waals surface area contributed by atoms with Crippen LogP contribution in [0.15, 0.2) is 12.3 Å². The molecule has 150 valence electrons. The van der Waals surface area contributed by atoms with Crippen molar-refractivity contribution in [2.24, 2.45) is 0 Å². The van der Waals surface area contributed by atoms with Crippen molar-refractivity contribution < 1.29 is 9.53 Å². The van der Waals surface area contributed by atoms with Crippen LogP contribution in [-0.4, -0.2) is 73.3 Å². The van der Waals surface area contributed by atoms with Gasteiger partial charge in [0.1, 0.15) is 5.82 Å². The van der Waals surface area contributed by atoms with E-state index in [0.29, 0.717) is 36.9 Å². The van der Waals surface area contributed by atoms with E-state index in [0.717, 1.165) is 42.8 Å². The Hall–Kier alpha value is -1.90. The average Bonchev–Trinajstić information content (AvgIpc) is 3.06. The van der Waals surface area contributed by atoms with Crippen molar-refractivity contribution >= 4 is 39.8 Å². The molecule has 9 heteroatoms. The van der Waals surface area contributed by atoms with Crippen LogP contribution in [0.1, 0.15) is 20.9 Å². The van der Waals surface area contributed by atoms with Crippen LogP contribution in [0.25, 0.3) is 0 Å². The molecule has 0 N–H and O–H groups in total. The van der Waals surface area contributed by atoms with Crippen LogP contribution in [0.3, 0.4) is 0 Å². The number of hydrogen-bond donors (Lipinski definition) is 0. The van der Waals surface area contributed by atoms with E-state index in [2.05, 4.69) is 33.6 Å². The summed E-state index contributed by atoms with van der Waals surface area (Å²) in [5, 5.41) is 1.61. The molecule has 0 aromatic carbocycles. The number of halogens is 1. The van der Waals surface area contributed by atoms with E-state index in [9.17, 15) is 4.79 Å². The highest BCUT2D eigenvalue weighted by molar-refractivity contribution is 7.15. The zero-order chi connectivity index (χ0) is 19.7. The van der Waals surface area contributed by atoms with E-state index in [-0.39, 0.29) is 5.91 Å². The van der Waals surface area contributed by atoms with Crippen molar-refractivity contribution in [3.63, 3.8) is 0 Å². The molecule has 1 amide bonds. The second-order valence-corrected chi connectivity index (χ2v) is 8.63. The third-order valence-corrected chi connectivity index (χ3v) is 6.65. The number of pyridine rings is 1. The minimum Gasteiger partial charge on any atom is -0.378 e. The monoisotopic (exact) mass is 421 g/mol. The number of nitrogens with zero attached hydrogens (tertiary/aromatic N) is 5. The van der Waals surface area contributed by atoms with Gasteiger partial charge in [0.25, 0.3) is 5.91 Å². The Morgan fingerprint density at radius 3 is 2.39 bits per heavy atom. The van der Waals surface area contributed by atoms with Gasteiger partial charge in [0.15, 0.2) is 5.13 Å². The van der Waals surface area contributed by atoms with Crippen LogP contribution in [0.2, 0.25) is 5.02 Å². The predicted octanol–water partition coefficient (Wildman–Crippen LogP) is 2.61. The fourth-order valence-corrected chi connectivity index (χ4v) is 4.68. The van der Waals surface area contributed by atoms with Gasteiger partial charge in [-0.2, -0.15) is 0 Å². The summed E-state index contributed by atoms with van der Waals surface area (Å²) < 4.78 is 5.31. The van der Waals surface area contributed by atoms with Crippen LogP contribution in [-0.2, 0) is 4.74 Å². The lowest BCUT2D eigenvalue weighted by Gasteiger charge is -2.35. The molecule has 0 radical (unpaired) electrons. The standard InChI is InChI=1S/C19H24ClN5O2S/c1-13-14(2)28-19(22-13)25-5-3-23(4-6-25)17-16(20)11-15(12-21-17)18(26)24-7-9-27-10-8-24/h11-12H,3-10H2,1-2H3. The minimum atomic E-state index is -0.0384. The first kappa shape index (κ1) is 19.4. The SMILES string of the molecule is Cc1nc(N2CCN(c3ncc(C(=O)N4CCOCC4)cc3Cl)CC2)sc1C. The maximum Gasteiger partial charge on any atom is 0.255 e. The molecule has 2 fully saturated rings. The Morgan fingerprint density at radius 1 is 1.11 bits per heavy atom. The zero-order valence-electron chi connectivity index (χ0n) is 16.2. The molecule has 0 bridgehead atoms. The molecule has 2 aliphatic rings. The third kappa shape index (κ3) is 3.94. The Morgan fingerprint density at radius 2 is 1.79 bits per heavy atom. The normalized spacial score (nSPS) is 17.9. The first-order valence-corrected chi connectivity index (χ1v) is 10.7. The van der Waals surface area contributed by atoms with Crippen molar-refractivity contribution in [3.05, 3.63) is 33.4 Å². The highest BCUT2D eigenvalue weighted by atomic mass is 35.5. The number of anilines is 2. The maximum atomic E-state index is 12.6. The fourth-order valence-electron chi connectivity index (χ4n) is 3.43. The Bertz CT molecular complexity index is 841. The first-order valence-electron chi connectivity index (χ1n) is 9.49. The van der Waals surface area contributed by atoms with Crippen molar-refractivity contribution in [1.82, 2.24) is 14.9 Å². The number of aromatic nitrogens is 2. The van der Waals surface area contributed by atoms with Crippen LogP contribution in [0.5, 0.6) is 0 Å². The highest BCUT2D eigenvalue weighted by Crippen LogP contribution is 2.29. The molecule has 4 rings (SSSR count). The molecule has 2 saturated heterocycles. The van der Waals surface area contributed by atoms with Crippen molar-refractivity contribution in [1.29, 1.82) is 0 Å². The predicted molar refractivity (Wildman–Crippen MR) is 112 cm³/mol. The maximum absolute atomic E-state index is 12.6. The summed E-state index contributed by atoms with van der Waals surface area (Å²) in [6.07, 6.45) is 1.64. The first-order chi connectivity index (χ1) is 13.5. The molecule has 0 aliphatic carbocycles. The van der Waals surface area contributed by atoms with E-state index in [1.165, 1.54) is 4.88 Å². The van der Waals surface area contributed by atoms with E-state index < -0.39 is 0 Å². The lowest BCUT2D eigenvalue weighted by atomic mass is 10.2. The molecule has 0 atom stereocenters. The van der Waals surface area contributed by atoms with Gasteiger partial charge in [0, 0.05) is 50.3 Å². The number of ether oxygens (including phenoxy) is 1. The van der Waals surface area contributed by atoms with Gasteiger partial charge >= 0.3 is 0 Å². The number of thiazole rings is 1. The largest absolute Gasteiger partial charge is 0.378 e. The fraction of sp³-hybridized carbons (Fsp3) is 0.526. The Balaban J connectivity index is 1.41. The van der Waals surface area contributed by atoms with E-state index >= 15 is 0 Å². The van der Waals surface area contributed by atoms with E-state index in [1.807, 2.05) is 0 Å². The lowest BCUT2D eigenvalue weighted by Crippen LogP contribution is -2.47. The molecule has 0 spiro atoms. The van der Waals surface area contributed by atoms with Crippen molar-refractivity contribution in [3.8, 4) is 0 Å². The average molecular weight is 422 g/mol. The van der Waals surface area contributed by atoms with Gasteiger partial charge in [-0.05, 0) is 19.9 Å². The summed E-state index contributed by atoms with van der Waals surface area (Å²) in [7, 11) is 0. The molecular formula is C19H24ClN5O2S. The molecule has 2 aromatic heterocycles. The van der Waals surface area contributed by atoms with Gasteiger partial charge in [-0.1, -0.05) is 11.6 Å². The number of rotatable bonds is 3. The van der Waals surface area contributed by atoms with Gasteiger partial charge in [-0.25, -0.2) is 9.97 Å². The van der Waals surface area contributed by atoms with E-state index in [1.54, 1.807) is 28.5 Å². The van der Waals surface area contributed by atoms with Crippen LogP contribution in [0.4, 0.5) is 10.9 Å². The second-order valence-electron chi connectivity index (χ2n) is 7.05. The summed E-state index contributed by atoms with van der Waals surface area (Å²) >= 11 is 8.24. The topological polar surface area (TPSA) is 61.8 Å². The molecular weight excluding hydrogens is 398 g/mol. The molecule has 2 aromatic rings. The number of carbonyl (C=O) groups is 1. The number of morpholine rings is 1. The number of aryl methyl sites for hydroxylation is 2. The Kier molecular flexibility index (Phi) is 5.70. The summed E-state index contributed by atoms with van der Waals surface area (Å²) in [6, 6.07) is 1.74. The van der Waals surface area contributed by atoms with E-state index in [4.69, 9.17) is 16.3 Å². The smallest absolute Gasteiger partial charge is 0.255 e. The minimum absolute atomic E-state index is 0.0384. The molecule has 7 nitrogen and oxygen atoms in total. The van der Waals surface area contributed by atoms with Crippen molar-refractivity contribution in [2.45, 2.75) is 13.8 Å². The van der Waals surface area contributed by atoms with Crippen molar-refractivity contribution in [2.75, 3.05) is 62.3 Å². The number of piperazine rings is 1. The van der Waals surface area contributed by atoms with Crippen LogP contribution < -0.4 is 9.80 Å². The van der Waals surface area contributed by atoms with Gasteiger partial charge in [-0.15, -0.1) is 11.3 Å². The lowest BCUT2D eigenvalue weighted by molar-refractivity contribution is 0.0302. The van der Waals surface area contributed by atoms with Crippen LogP contribution in [0, 0.1) is 13.8 Å². The summed E-state index contributed by atoms with van der Waals surface area (Å²) in [6.45, 7) is 9.91. The number of carbonyl (C=O) groups excluding carboxylic acids is 1. The molecule has 0 unspecified atom stereocenters. The third-order valence-electron chi connectivity index (χ3n) is 5.23. The zero-order valence-corrected chi connectivity index (χ0v) is 17.7. The number of hydrogen-bond acceptors (Lipinski definition) is 7. The van der Waals surface area contributed by atoms with Gasteiger partial charge in [0.2, 0.25) is 0 Å². The second kappa shape index (κ2) is 8.23. The Labute approximate surface area is 173 Å². The molecule has 28 heavy (non-hydrogen) atoms. The van der Waals surface area contributed by atoms with Crippen LogP contribution >= 0.6 is 22.9 Å². The summed E-state index contributed by atoms with van der Waals surface area (Å²) in [5.41, 5.74) is 1.63. The van der Waals surface area contributed by atoms with Gasteiger partial charge in [-0.3, -0.25) is 4.79 Å². The highest BCUT2D eigenvalue weighted by Gasteiger charge is 2.24. The summed E-state index contributed by atoms with van der Waals surface area (Å²) in [4.78, 5) is 29.3. The molecule has 2 aliphatic heterocycles. The van der Waals surface area contributed by atoms with Gasteiger partial charge in [0.05, 0.1) is 29.5 Å². The molecule has 0 saturated carbocycles. The van der Waals surface area contributed by atoms with Gasteiger partial charge < -0.3 is 19.4 Å².